The third-order valence-electron chi connectivity index (χ3n) is 5.99. The van der Waals surface area contributed by atoms with Gasteiger partial charge >= 0.3 is 0 Å². The Balaban J connectivity index is 1.54. The van der Waals surface area contributed by atoms with Crippen molar-refractivity contribution in [3.8, 4) is 16.8 Å². The topological polar surface area (TPSA) is 107 Å². The molecule has 4 aromatic rings. The van der Waals surface area contributed by atoms with E-state index in [1.807, 2.05) is 34.9 Å². The highest BCUT2D eigenvalue weighted by molar-refractivity contribution is 7.89. The molecule has 0 radical (unpaired) electrons. The molecule has 34 heavy (non-hydrogen) atoms. The highest BCUT2D eigenvalue weighted by atomic mass is 32.2. The van der Waals surface area contributed by atoms with Gasteiger partial charge in [0, 0.05) is 56.5 Å². The number of hydrogen-bond donors (Lipinski definition) is 1. The molecule has 5 rings (SSSR count). The molecule has 1 aliphatic rings. The van der Waals surface area contributed by atoms with Gasteiger partial charge in [-0.15, -0.1) is 0 Å². The summed E-state index contributed by atoms with van der Waals surface area (Å²) in [6.07, 6.45) is 3.01. The van der Waals surface area contributed by atoms with Crippen LogP contribution >= 0.6 is 0 Å². The fourth-order valence-corrected chi connectivity index (χ4v) is 5.00. The predicted octanol–water partition coefficient (Wildman–Crippen LogP) is 2.76. The molecule has 0 spiro atoms. The predicted molar refractivity (Wildman–Crippen MR) is 133 cm³/mol. The monoisotopic (exact) mass is 478 g/mol. The number of nitrogen functional groups attached to an aromatic ring is 1. The molecule has 2 aromatic heterocycles. The van der Waals surface area contributed by atoms with Gasteiger partial charge in [-0.3, -0.25) is 9.55 Å². The Kier molecular flexibility index (Phi) is 5.72. The van der Waals surface area contributed by atoms with Gasteiger partial charge in [-0.1, -0.05) is 6.07 Å². The zero-order valence-electron chi connectivity index (χ0n) is 19.0. The van der Waals surface area contributed by atoms with Crippen LogP contribution in [0.15, 0.2) is 65.8 Å². The van der Waals surface area contributed by atoms with Gasteiger partial charge in [0.2, 0.25) is 16.0 Å². The fraction of sp³-hybridized carbons (Fsp3) is 0.250. The number of nitrogens with two attached hydrogens (primary N) is 1. The second-order valence-corrected chi connectivity index (χ2v) is 10.5. The Labute approximate surface area is 198 Å². The number of pyridine rings is 1. The van der Waals surface area contributed by atoms with E-state index in [2.05, 4.69) is 27.0 Å². The van der Waals surface area contributed by atoms with Crippen molar-refractivity contribution in [1.82, 2.24) is 18.8 Å². The minimum atomic E-state index is -3.59. The molecule has 2 aromatic carbocycles. The summed E-state index contributed by atoms with van der Waals surface area (Å²) in [5.74, 6) is 0.383. The number of anilines is 2. The van der Waals surface area contributed by atoms with Crippen molar-refractivity contribution < 1.29 is 13.2 Å². The van der Waals surface area contributed by atoms with Crippen LogP contribution < -0.4 is 10.6 Å². The summed E-state index contributed by atoms with van der Waals surface area (Å²) in [5.41, 5.74) is 11.4. The summed E-state index contributed by atoms with van der Waals surface area (Å²) >= 11 is 0. The number of benzene rings is 2. The van der Waals surface area contributed by atoms with Crippen molar-refractivity contribution in [2.75, 3.05) is 51.0 Å². The molecule has 10 heteroatoms. The molecule has 0 aliphatic carbocycles. The maximum atomic E-state index is 12.6. The Morgan fingerprint density at radius 2 is 1.65 bits per heavy atom. The van der Waals surface area contributed by atoms with Crippen LogP contribution in [0.4, 0.5) is 11.6 Å². The van der Waals surface area contributed by atoms with E-state index in [9.17, 15) is 8.42 Å². The van der Waals surface area contributed by atoms with Crippen molar-refractivity contribution in [1.29, 1.82) is 0 Å². The maximum Gasteiger partial charge on any atom is 0.244 e. The van der Waals surface area contributed by atoms with E-state index in [1.165, 1.54) is 24.6 Å². The van der Waals surface area contributed by atoms with Crippen LogP contribution in [0.3, 0.4) is 0 Å². The van der Waals surface area contributed by atoms with E-state index in [-0.39, 0.29) is 4.90 Å². The summed E-state index contributed by atoms with van der Waals surface area (Å²) in [4.78, 5) is 11.1. The molecule has 1 aliphatic heterocycles. The standard InChI is InChI=1S/C24H26N6O3S/c1-28(2)34(31,32)21-13-18(15-26-16-21)17-3-8-22-23(14-17)30(24(25)27-22)20-6-4-19(5-7-20)29-9-11-33-12-10-29/h3-8,13-16H,9-12H2,1-2H3,(H2,25,27). The Bertz CT molecular complexity index is 1440. The van der Waals surface area contributed by atoms with Gasteiger partial charge in [0.05, 0.1) is 24.2 Å². The van der Waals surface area contributed by atoms with Gasteiger partial charge < -0.3 is 15.4 Å². The van der Waals surface area contributed by atoms with E-state index in [0.717, 1.165) is 54.3 Å². The highest BCUT2D eigenvalue weighted by Gasteiger charge is 2.19. The zero-order chi connectivity index (χ0) is 23.9. The summed E-state index contributed by atoms with van der Waals surface area (Å²) in [5, 5.41) is 0. The third-order valence-corrected chi connectivity index (χ3v) is 7.77. The first-order chi connectivity index (χ1) is 16.3. The second kappa shape index (κ2) is 8.71. The highest BCUT2D eigenvalue weighted by Crippen LogP contribution is 2.30. The average Bonchev–Trinajstić information content (AvgIpc) is 3.19. The first kappa shape index (κ1) is 22.3. The second-order valence-electron chi connectivity index (χ2n) is 8.32. The molecule has 0 saturated carbocycles. The van der Waals surface area contributed by atoms with E-state index < -0.39 is 10.0 Å². The van der Waals surface area contributed by atoms with Crippen LogP contribution in [0.25, 0.3) is 27.8 Å². The molecule has 0 unspecified atom stereocenters. The van der Waals surface area contributed by atoms with Crippen molar-refractivity contribution in [2.24, 2.45) is 0 Å². The normalized spacial score (nSPS) is 14.7. The Hall–Kier alpha value is -3.47. The molecular weight excluding hydrogens is 452 g/mol. The maximum absolute atomic E-state index is 12.6. The first-order valence-corrected chi connectivity index (χ1v) is 12.4. The summed E-state index contributed by atoms with van der Waals surface area (Å²) in [6.45, 7) is 3.20. The molecule has 0 bridgehead atoms. The molecule has 1 fully saturated rings. The van der Waals surface area contributed by atoms with Crippen LogP contribution in [0.5, 0.6) is 0 Å². The number of ether oxygens (including phenoxy) is 1. The van der Waals surface area contributed by atoms with Crippen LogP contribution in [-0.4, -0.2) is 67.7 Å². The largest absolute Gasteiger partial charge is 0.378 e. The molecular formula is C24H26N6O3S. The van der Waals surface area contributed by atoms with Gasteiger partial charge in [0.1, 0.15) is 4.90 Å². The minimum absolute atomic E-state index is 0.141. The zero-order valence-corrected chi connectivity index (χ0v) is 19.9. The summed E-state index contributed by atoms with van der Waals surface area (Å²) < 4.78 is 33.6. The molecule has 9 nitrogen and oxygen atoms in total. The lowest BCUT2D eigenvalue weighted by Crippen LogP contribution is -2.36. The SMILES string of the molecule is CN(C)S(=O)(=O)c1cncc(-c2ccc3nc(N)n(-c4ccc(N5CCOCC5)cc4)c3c2)c1. The van der Waals surface area contributed by atoms with Crippen LogP contribution in [0, 0.1) is 0 Å². The number of imidazole rings is 1. The minimum Gasteiger partial charge on any atom is -0.378 e. The van der Waals surface area contributed by atoms with Crippen LogP contribution in [0.1, 0.15) is 0 Å². The Morgan fingerprint density at radius 1 is 0.941 bits per heavy atom. The van der Waals surface area contributed by atoms with E-state index in [4.69, 9.17) is 10.5 Å². The summed E-state index contributed by atoms with van der Waals surface area (Å²) in [6, 6.07) is 15.6. The number of nitrogens with zero attached hydrogens (tertiary/aromatic N) is 5. The molecule has 0 amide bonds. The first-order valence-electron chi connectivity index (χ1n) is 10.9. The number of rotatable bonds is 5. The smallest absolute Gasteiger partial charge is 0.244 e. The third kappa shape index (κ3) is 4.00. The lowest BCUT2D eigenvalue weighted by Gasteiger charge is -2.29. The van der Waals surface area contributed by atoms with Gasteiger partial charge in [-0.05, 0) is 48.0 Å². The van der Waals surface area contributed by atoms with E-state index in [1.54, 1.807) is 12.3 Å². The van der Waals surface area contributed by atoms with Crippen LogP contribution in [0.2, 0.25) is 0 Å². The van der Waals surface area contributed by atoms with Crippen molar-refractivity contribution in [3.05, 3.63) is 60.9 Å². The van der Waals surface area contributed by atoms with Gasteiger partial charge in [0.25, 0.3) is 0 Å². The quantitative estimate of drug-likeness (QED) is 0.470. The van der Waals surface area contributed by atoms with Gasteiger partial charge in [-0.2, -0.15) is 0 Å². The lowest BCUT2D eigenvalue weighted by atomic mass is 10.1. The fourth-order valence-electron chi connectivity index (χ4n) is 4.11. The number of hydrogen-bond acceptors (Lipinski definition) is 7. The van der Waals surface area contributed by atoms with Crippen LogP contribution in [-0.2, 0) is 14.8 Å². The molecule has 1 saturated heterocycles. The molecule has 2 N–H and O–H groups in total. The van der Waals surface area contributed by atoms with E-state index in [0.29, 0.717) is 11.5 Å². The van der Waals surface area contributed by atoms with Crippen molar-refractivity contribution in [3.63, 3.8) is 0 Å². The number of morpholine rings is 1. The van der Waals surface area contributed by atoms with Gasteiger partial charge in [0.15, 0.2) is 0 Å². The number of sulfonamides is 1. The van der Waals surface area contributed by atoms with Crippen molar-refractivity contribution >= 4 is 32.7 Å². The summed E-state index contributed by atoms with van der Waals surface area (Å²) in [7, 11) is -0.590. The van der Waals surface area contributed by atoms with Gasteiger partial charge in [-0.25, -0.2) is 17.7 Å². The van der Waals surface area contributed by atoms with Crippen molar-refractivity contribution in [2.45, 2.75) is 4.90 Å². The number of aromatic nitrogens is 3. The molecule has 3 heterocycles. The van der Waals surface area contributed by atoms with E-state index >= 15 is 0 Å². The number of fused-ring (bicyclic) bond motifs is 1. The lowest BCUT2D eigenvalue weighted by molar-refractivity contribution is 0.122. The average molecular weight is 479 g/mol. The Morgan fingerprint density at radius 3 is 2.35 bits per heavy atom. The molecule has 0 atom stereocenters. The molecule has 176 valence electrons.